The second-order valence-electron chi connectivity index (χ2n) is 4.45. The minimum absolute atomic E-state index is 0.334. The van der Waals surface area contributed by atoms with Gasteiger partial charge >= 0.3 is 0 Å². The lowest BCUT2D eigenvalue weighted by molar-refractivity contribution is 0.0637. The van der Waals surface area contributed by atoms with Crippen LogP contribution >= 0.6 is 15.9 Å². The molecule has 0 saturated carbocycles. The zero-order chi connectivity index (χ0) is 13.1. The van der Waals surface area contributed by atoms with E-state index in [0.29, 0.717) is 28.8 Å². The summed E-state index contributed by atoms with van der Waals surface area (Å²) in [5.74, 6) is -0.378. The third kappa shape index (κ3) is 4.16. The van der Waals surface area contributed by atoms with Crippen molar-refractivity contribution in [2.75, 3.05) is 17.6 Å². The molecule has 5 heteroatoms. The third-order valence-corrected chi connectivity index (χ3v) is 3.15. The molecule has 0 aromatic heterocycles. The van der Waals surface area contributed by atoms with Gasteiger partial charge in [-0.15, -0.1) is 0 Å². The minimum atomic E-state index is -0.815. The highest BCUT2D eigenvalue weighted by Crippen LogP contribution is 2.27. The van der Waals surface area contributed by atoms with Crippen molar-refractivity contribution in [3.63, 3.8) is 0 Å². The van der Waals surface area contributed by atoms with E-state index in [1.807, 2.05) is 6.92 Å². The fraction of sp³-hybridized carbons (Fsp3) is 0.500. The fourth-order valence-electron chi connectivity index (χ4n) is 1.63. The Labute approximate surface area is 109 Å². The first kappa shape index (κ1) is 14.3. The van der Waals surface area contributed by atoms with Crippen molar-refractivity contribution < 1.29 is 9.50 Å². The van der Waals surface area contributed by atoms with Crippen LogP contribution in [0.4, 0.5) is 15.8 Å². The number of hydrogen-bond donors (Lipinski definition) is 3. The smallest absolute Gasteiger partial charge is 0.139 e. The highest BCUT2D eigenvalue weighted by atomic mass is 79.9. The molecule has 1 aromatic carbocycles. The lowest BCUT2D eigenvalue weighted by atomic mass is 10.0. The zero-order valence-corrected chi connectivity index (χ0v) is 11.6. The molecule has 1 unspecified atom stereocenters. The molecule has 96 valence electrons. The molecule has 0 radical (unpaired) electrons. The Morgan fingerprint density at radius 3 is 2.76 bits per heavy atom. The Balaban J connectivity index is 2.73. The van der Waals surface area contributed by atoms with Crippen LogP contribution in [-0.4, -0.2) is 17.3 Å². The Bertz CT molecular complexity index is 396. The van der Waals surface area contributed by atoms with Gasteiger partial charge in [0.1, 0.15) is 5.82 Å². The van der Waals surface area contributed by atoms with Gasteiger partial charge in [0.2, 0.25) is 0 Å². The predicted octanol–water partition coefficient (Wildman–Crippen LogP) is 3.13. The first-order valence-electron chi connectivity index (χ1n) is 5.56. The lowest BCUT2D eigenvalue weighted by Crippen LogP contribution is -2.33. The first-order valence-corrected chi connectivity index (χ1v) is 6.36. The number of hydrogen-bond acceptors (Lipinski definition) is 3. The summed E-state index contributed by atoms with van der Waals surface area (Å²) < 4.78 is 13.7. The molecule has 0 fully saturated rings. The quantitative estimate of drug-likeness (QED) is 0.733. The monoisotopic (exact) mass is 304 g/mol. The molecule has 1 atom stereocenters. The van der Waals surface area contributed by atoms with Gasteiger partial charge in [0, 0.05) is 12.6 Å². The number of rotatable bonds is 5. The van der Waals surface area contributed by atoms with Gasteiger partial charge in [-0.05, 0) is 35.3 Å². The van der Waals surface area contributed by atoms with E-state index in [9.17, 15) is 9.50 Å². The predicted molar refractivity (Wildman–Crippen MR) is 72.5 cm³/mol. The maximum atomic E-state index is 13.3. The van der Waals surface area contributed by atoms with Crippen LogP contribution in [0.3, 0.4) is 0 Å². The van der Waals surface area contributed by atoms with Crippen LogP contribution in [-0.2, 0) is 0 Å². The van der Waals surface area contributed by atoms with Crippen LogP contribution < -0.4 is 11.1 Å². The summed E-state index contributed by atoms with van der Waals surface area (Å²) in [4.78, 5) is 0. The number of nitrogen functional groups attached to an aromatic ring is 1. The molecule has 0 aliphatic carbocycles. The summed E-state index contributed by atoms with van der Waals surface area (Å²) in [5.41, 5.74) is 5.89. The zero-order valence-electron chi connectivity index (χ0n) is 10.1. The average molecular weight is 305 g/mol. The van der Waals surface area contributed by atoms with Crippen LogP contribution in [0.15, 0.2) is 16.6 Å². The average Bonchev–Trinajstić information content (AvgIpc) is 2.21. The van der Waals surface area contributed by atoms with Gasteiger partial charge in [0.05, 0.1) is 21.4 Å². The Hall–Kier alpha value is -0.810. The fourth-order valence-corrected chi connectivity index (χ4v) is 1.99. The van der Waals surface area contributed by atoms with Gasteiger partial charge in [0.25, 0.3) is 0 Å². The first-order chi connectivity index (χ1) is 7.85. The van der Waals surface area contributed by atoms with Crippen LogP contribution in [0.1, 0.15) is 26.7 Å². The number of nitrogens with two attached hydrogens (primary N) is 1. The lowest BCUT2D eigenvalue weighted by Gasteiger charge is -2.24. The Kier molecular flexibility index (Phi) is 4.77. The van der Waals surface area contributed by atoms with Gasteiger partial charge in [-0.1, -0.05) is 13.3 Å². The molecule has 0 saturated heterocycles. The van der Waals surface area contributed by atoms with Crippen molar-refractivity contribution in [2.24, 2.45) is 0 Å². The number of halogens is 2. The molecule has 1 rings (SSSR count). The summed E-state index contributed by atoms with van der Waals surface area (Å²) in [5, 5.41) is 13.0. The van der Waals surface area contributed by atoms with E-state index < -0.39 is 5.60 Å². The molecule has 0 bridgehead atoms. The molecular weight excluding hydrogens is 287 g/mol. The van der Waals surface area contributed by atoms with Crippen LogP contribution in [0.2, 0.25) is 0 Å². The maximum Gasteiger partial charge on any atom is 0.139 e. The van der Waals surface area contributed by atoms with E-state index in [0.717, 1.165) is 6.42 Å². The van der Waals surface area contributed by atoms with E-state index in [1.165, 1.54) is 12.1 Å². The second-order valence-corrected chi connectivity index (χ2v) is 5.31. The molecule has 4 N–H and O–H groups in total. The van der Waals surface area contributed by atoms with Crippen LogP contribution in [0.5, 0.6) is 0 Å². The van der Waals surface area contributed by atoms with E-state index in [1.54, 1.807) is 6.92 Å². The molecule has 3 nitrogen and oxygen atoms in total. The van der Waals surface area contributed by atoms with Gasteiger partial charge in [0.15, 0.2) is 0 Å². The molecule has 0 aliphatic heterocycles. The normalized spacial score (nSPS) is 14.4. The number of nitrogens with one attached hydrogen (secondary N) is 1. The van der Waals surface area contributed by atoms with Gasteiger partial charge < -0.3 is 16.2 Å². The van der Waals surface area contributed by atoms with E-state index >= 15 is 0 Å². The topological polar surface area (TPSA) is 58.3 Å². The largest absolute Gasteiger partial charge is 0.397 e. The SMILES string of the molecule is CCCC(C)(O)CNc1cc(F)c(Br)cc1N. The molecule has 0 aliphatic rings. The second kappa shape index (κ2) is 5.69. The van der Waals surface area contributed by atoms with E-state index in [2.05, 4.69) is 21.2 Å². The van der Waals surface area contributed by atoms with Crippen molar-refractivity contribution in [3.8, 4) is 0 Å². The van der Waals surface area contributed by atoms with E-state index in [4.69, 9.17) is 5.73 Å². The van der Waals surface area contributed by atoms with Crippen molar-refractivity contribution in [2.45, 2.75) is 32.3 Å². The van der Waals surface area contributed by atoms with Crippen molar-refractivity contribution in [1.29, 1.82) is 0 Å². The Morgan fingerprint density at radius 2 is 2.18 bits per heavy atom. The van der Waals surface area contributed by atoms with Gasteiger partial charge in [-0.25, -0.2) is 4.39 Å². The summed E-state index contributed by atoms with van der Waals surface area (Å²) in [6.07, 6.45) is 1.57. The van der Waals surface area contributed by atoms with E-state index in [-0.39, 0.29) is 5.82 Å². The van der Waals surface area contributed by atoms with Crippen molar-refractivity contribution in [1.82, 2.24) is 0 Å². The van der Waals surface area contributed by atoms with Gasteiger partial charge in [-0.2, -0.15) is 0 Å². The maximum absolute atomic E-state index is 13.3. The standard InChI is InChI=1S/C12H18BrFN2O/c1-3-4-12(2,17)7-16-11-6-9(14)8(13)5-10(11)15/h5-6,16-17H,3-4,7,15H2,1-2H3. The molecule has 0 spiro atoms. The van der Waals surface area contributed by atoms with Crippen LogP contribution in [0, 0.1) is 5.82 Å². The molecule has 17 heavy (non-hydrogen) atoms. The summed E-state index contributed by atoms with van der Waals surface area (Å²) in [6.45, 7) is 4.09. The van der Waals surface area contributed by atoms with Gasteiger partial charge in [-0.3, -0.25) is 0 Å². The van der Waals surface area contributed by atoms with Crippen molar-refractivity contribution in [3.05, 3.63) is 22.4 Å². The molecular formula is C12H18BrFN2O. The third-order valence-electron chi connectivity index (χ3n) is 2.54. The summed E-state index contributed by atoms with van der Waals surface area (Å²) >= 11 is 3.06. The summed E-state index contributed by atoms with van der Waals surface area (Å²) in [6, 6.07) is 2.83. The van der Waals surface area contributed by atoms with Crippen LogP contribution in [0.25, 0.3) is 0 Å². The minimum Gasteiger partial charge on any atom is -0.397 e. The highest BCUT2D eigenvalue weighted by Gasteiger charge is 2.19. The number of aliphatic hydroxyl groups is 1. The van der Waals surface area contributed by atoms with Crippen molar-refractivity contribution >= 4 is 27.3 Å². The number of anilines is 2. The Morgan fingerprint density at radius 1 is 1.53 bits per heavy atom. The molecule has 0 amide bonds. The molecule has 1 aromatic rings. The summed E-state index contributed by atoms with van der Waals surface area (Å²) in [7, 11) is 0. The highest BCUT2D eigenvalue weighted by molar-refractivity contribution is 9.10. The number of benzene rings is 1. The molecule has 0 heterocycles.